The SMILES string of the molecule is COC(=O)C1O[C@@H](Sc2ccccc2)C(OCc2ccccc2)[C@@H](OCc2ccccc2)[C@H]1O. The Balaban J connectivity index is 1.61. The first-order valence-corrected chi connectivity index (χ1v) is 12.0. The highest BCUT2D eigenvalue weighted by Gasteiger charge is 2.50. The lowest BCUT2D eigenvalue weighted by Gasteiger charge is -2.43. The van der Waals surface area contributed by atoms with E-state index in [0.717, 1.165) is 16.0 Å². The lowest BCUT2D eigenvalue weighted by atomic mass is 9.99. The van der Waals surface area contributed by atoms with E-state index in [1.165, 1.54) is 18.9 Å². The summed E-state index contributed by atoms with van der Waals surface area (Å²) < 4.78 is 23.5. The van der Waals surface area contributed by atoms with Crippen molar-refractivity contribution in [3.05, 3.63) is 102 Å². The number of hydrogen-bond donors (Lipinski definition) is 1. The number of thioether (sulfide) groups is 1. The average molecular weight is 481 g/mol. The Labute approximate surface area is 203 Å². The Morgan fingerprint density at radius 1 is 0.824 bits per heavy atom. The van der Waals surface area contributed by atoms with Gasteiger partial charge in [-0.2, -0.15) is 0 Å². The molecule has 0 amide bonds. The number of rotatable bonds is 9. The zero-order valence-electron chi connectivity index (χ0n) is 18.9. The molecule has 3 aromatic carbocycles. The fraction of sp³-hybridized carbons (Fsp3) is 0.296. The zero-order chi connectivity index (χ0) is 23.8. The van der Waals surface area contributed by atoms with E-state index in [4.69, 9.17) is 18.9 Å². The second kappa shape index (κ2) is 12.1. The van der Waals surface area contributed by atoms with Crippen molar-refractivity contribution in [3.63, 3.8) is 0 Å². The maximum atomic E-state index is 12.5. The van der Waals surface area contributed by atoms with E-state index in [0.29, 0.717) is 6.61 Å². The summed E-state index contributed by atoms with van der Waals surface area (Å²) in [6.45, 7) is 0.561. The van der Waals surface area contributed by atoms with Gasteiger partial charge in [-0.05, 0) is 23.3 Å². The van der Waals surface area contributed by atoms with Gasteiger partial charge in [0.1, 0.15) is 23.7 Å². The first kappa shape index (κ1) is 24.4. The summed E-state index contributed by atoms with van der Waals surface area (Å²) in [7, 11) is 1.27. The normalized spacial score (nSPS) is 24.5. The Bertz CT molecular complexity index is 1020. The molecule has 1 saturated heterocycles. The van der Waals surface area contributed by atoms with Crippen LogP contribution in [-0.2, 0) is 37.0 Å². The Morgan fingerprint density at radius 3 is 1.85 bits per heavy atom. The largest absolute Gasteiger partial charge is 0.467 e. The van der Waals surface area contributed by atoms with Crippen LogP contribution in [-0.4, -0.2) is 48.0 Å². The van der Waals surface area contributed by atoms with Gasteiger partial charge in [0.15, 0.2) is 6.10 Å². The third-order valence-electron chi connectivity index (χ3n) is 5.52. The molecule has 0 radical (unpaired) electrons. The third-order valence-corrected chi connectivity index (χ3v) is 6.68. The van der Waals surface area contributed by atoms with E-state index in [1.807, 2.05) is 91.0 Å². The van der Waals surface area contributed by atoms with Gasteiger partial charge in [-0.1, -0.05) is 90.6 Å². The van der Waals surface area contributed by atoms with Crippen LogP contribution in [0.25, 0.3) is 0 Å². The van der Waals surface area contributed by atoms with Crippen molar-refractivity contribution in [2.24, 2.45) is 0 Å². The lowest BCUT2D eigenvalue weighted by Crippen LogP contribution is -2.60. The molecule has 178 valence electrons. The van der Waals surface area contributed by atoms with Crippen LogP contribution in [0.2, 0.25) is 0 Å². The molecule has 4 rings (SSSR count). The first-order chi connectivity index (χ1) is 16.7. The molecule has 0 saturated carbocycles. The smallest absolute Gasteiger partial charge is 0.337 e. The number of aliphatic hydroxyl groups is 1. The molecule has 1 aliphatic heterocycles. The summed E-state index contributed by atoms with van der Waals surface area (Å²) in [6, 6.07) is 29.1. The number of carbonyl (C=O) groups is 1. The average Bonchev–Trinajstić information content (AvgIpc) is 2.89. The van der Waals surface area contributed by atoms with Crippen molar-refractivity contribution in [2.75, 3.05) is 7.11 Å². The van der Waals surface area contributed by atoms with E-state index in [1.54, 1.807) is 0 Å². The number of benzene rings is 3. The monoisotopic (exact) mass is 480 g/mol. The molecule has 1 N–H and O–H groups in total. The van der Waals surface area contributed by atoms with E-state index in [9.17, 15) is 9.90 Å². The Hall–Kier alpha value is -2.68. The van der Waals surface area contributed by atoms with E-state index in [-0.39, 0.29) is 6.61 Å². The van der Waals surface area contributed by atoms with Crippen LogP contribution in [0, 0.1) is 0 Å². The number of hydrogen-bond acceptors (Lipinski definition) is 7. The van der Waals surface area contributed by atoms with Gasteiger partial charge in [0.25, 0.3) is 0 Å². The molecule has 2 unspecified atom stereocenters. The lowest BCUT2D eigenvalue weighted by molar-refractivity contribution is -0.236. The quantitative estimate of drug-likeness (QED) is 0.460. The fourth-order valence-electron chi connectivity index (χ4n) is 3.76. The molecule has 0 aliphatic carbocycles. The fourth-order valence-corrected chi connectivity index (χ4v) is 4.89. The van der Waals surface area contributed by atoms with Crippen molar-refractivity contribution in [1.82, 2.24) is 0 Å². The first-order valence-electron chi connectivity index (χ1n) is 11.1. The van der Waals surface area contributed by atoms with Gasteiger partial charge in [-0.3, -0.25) is 0 Å². The number of carbonyl (C=O) groups excluding carboxylic acids is 1. The summed E-state index contributed by atoms with van der Waals surface area (Å²) in [5.74, 6) is -0.652. The molecular formula is C27H28O6S. The van der Waals surface area contributed by atoms with Crippen molar-refractivity contribution < 1.29 is 28.8 Å². The van der Waals surface area contributed by atoms with Crippen LogP contribution in [0.5, 0.6) is 0 Å². The Morgan fingerprint density at radius 2 is 1.32 bits per heavy atom. The van der Waals surface area contributed by atoms with Crippen LogP contribution >= 0.6 is 11.8 Å². The minimum Gasteiger partial charge on any atom is -0.467 e. The van der Waals surface area contributed by atoms with Gasteiger partial charge >= 0.3 is 5.97 Å². The highest BCUT2D eigenvalue weighted by atomic mass is 32.2. The van der Waals surface area contributed by atoms with Crippen LogP contribution in [0.1, 0.15) is 11.1 Å². The number of aliphatic hydroxyl groups excluding tert-OH is 1. The van der Waals surface area contributed by atoms with E-state index >= 15 is 0 Å². The predicted molar refractivity (Wildman–Crippen MR) is 129 cm³/mol. The minimum atomic E-state index is -1.26. The second-order valence-electron chi connectivity index (χ2n) is 7.89. The van der Waals surface area contributed by atoms with Gasteiger partial charge in [0, 0.05) is 4.90 Å². The molecule has 1 heterocycles. The van der Waals surface area contributed by atoms with Crippen LogP contribution < -0.4 is 0 Å². The molecule has 34 heavy (non-hydrogen) atoms. The summed E-state index contributed by atoms with van der Waals surface area (Å²) in [5.41, 5.74) is 1.32. The highest BCUT2D eigenvalue weighted by molar-refractivity contribution is 7.99. The van der Waals surface area contributed by atoms with Crippen LogP contribution in [0.15, 0.2) is 95.9 Å². The Kier molecular flexibility index (Phi) is 8.73. The van der Waals surface area contributed by atoms with Gasteiger partial charge in [0.05, 0.1) is 20.3 Å². The molecule has 6 nitrogen and oxygen atoms in total. The van der Waals surface area contributed by atoms with Crippen molar-refractivity contribution >= 4 is 17.7 Å². The van der Waals surface area contributed by atoms with Gasteiger partial charge in [-0.25, -0.2) is 4.79 Å². The maximum Gasteiger partial charge on any atom is 0.337 e. The molecule has 7 heteroatoms. The van der Waals surface area contributed by atoms with Crippen molar-refractivity contribution in [1.29, 1.82) is 0 Å². The third kappa shape index (κ3) is 6.25. The maximum absolute atomic E-state index is 12.5. The predicted octanol–water partition coefficient (Wildman–Crippen LogP) is 4.21. The minimum absolute atomic E-state index is 0.254. The zero-order valence-corrected chi connectivity index (χ0v) is 19.7. The molecule has 1 fully saturated rings. The van der Waals surface area contributed by atoms with Gasteiger partial charge < -0.3 is 24.1 Å². The van der Waals surface area contributed by atoms with Crippen molar-refractivity contribution in [3.8, 4) is 0 Å². The topological polar surface area (TPSA) is 74.2 Å². The molecular weight excluding hydrogens is 452 g/mol. The molecule has 5 atom stereocenters. The van der Waals surface area contributed by atoms with Crippen LogP contribution in [0.3, 0.4) is 0 Å². The van der Waals surface area contributed by atoms with Crippen molar-refractivity contribution in [2.45, 2.75) is 48.0 Å². The number of esters is 1. The molecule has 0 aromatic heterocycles. The van der Waals surface area contributed by atoms with Gasteiger partial charge in [-0.15, -0.1) is 0 Å². The summed E-state index contributed by atoms with van der Waals surface area (Å²) >= 11 is 1.42. The van der Waals surface area contributed by atoms with E-state index in [2.05, 4.69) is 0 Å². The molecule has 0 bridgehead atoms. The summed E-state index contributed by atoms with van der Waals surface area (Å²) in [6.07, 6.45) is -3.92. The highest BCUT2D eigenvalue weighted by Crippen LogP contribution is 2.37. The number of ether oxygens (including phenoxy) is 4. The summed E-state index contributed by atoms with van der Waals surface area (Å²) in [4.78, 5) is 13.4. The van der Waals surface area contributed by atoms with Crippen LogP contribution in [0.4, 0.5) is 0 Å². The molecule has 0 spiro atoms. The molecule has 3 aromatic rings. The van der Waals surface area contributed by atoms with E-state index < -0.39 is 35.8 Å². The molecule has 1 aliphatic rings. The summed E-state index contributed by atoms with van der Waals surface area (Å²) in [5, 5.41) is 11.1. The second-order valence-corrected chi connectivity index (χ2v) is 9.06. The standard InChI is InChI=1S/C27H28O6S/c1-30-26(29)24-22(28)23(31-17-19-11-5-2-6-12-19)25(32-18-20-13-7-3-8-14-20)27(33-24)34-21-15-9-4-10-16-21/h2-16,22-25,27-28H,17-18H2,1H3/t22-,23+,24?,25?,27+/m1/s1. The number of methoxy groups -OCH3 is 1. The van der Waals surface area contributed by atoms with Gasteiger partial charge in [0.2, 0.25) is 0 Å².